The highest BCUT2D eigenvalue weighted by atomic mass is 16.5. The molecule has 33 heavy (non-hydrogen) atoms. The second-order valence-corrected chi connectivity index (χ2v) is 7.57. The minimum Gasteiger partial charge on any atom is -0.497 e. The molecular formula is C26H26N4O3. The Balaban J connectivity index is 1.33. The Morgan fingerprint density at radius 1 is 0.879 bits per heavy atom. The molecule has 4 rings (SSSR count). The molecule has 0 saturated heterocycles. The number of carbonyl (C=O) groups excluding carboxylic acids is 2. The molecule has 1 aromatic heterocycles. The van der Waals surface area contributed by atoms with Crippen molar-refractivity contribution in [3.63, 3.8) is 0 Å². The summed E-state index contributed by atoms with van der Waals surface area (Å²) in [4.78, 5) is 28.0. The first-order chi connectivity index (χ1) is 16.1. The number of amides is 2. The van der Waals surface area contributed by atoms with E-state index in [2.05, 4.69) is 27.2 Å². The highest BCUT2D eigenvalue weighted by Crippen LogP contribution is 2.31. The van der Waals surface area contributed by atoms with Crippen LogP contribution in [0.3, 0.4) is 0 Å². The topological polar surface area (TPSA) is 95.2 Å². The number of fused-ring (bicyclic) bond motifs is 1. The van der Waals surface area contributed by atoms with Crippen LogP contribution in [0.2, 0.25) is 0 Å². The van der Waals surface area contributed by atoms with Gasteiger partial charge < -0.3 is 15.0 Å². The van der Waals surface area contributed by atoms with Gasteiger partial charge in [0, 0.05) is 34.8 Å². The number of ether oxygens (including phenoxy) is 1. The monoisotopic (exact) mass is 442 g/mol. The van der Waals surface area contributed by atoms with Crippen LogP contribution in [0.5, 0.6) is 5.75 Å². The summed E-state index contributed by atoms with van der Waals surface area (Å²) in [7, 11) is 1.58. The Labute approximate surface area is 192 Å². The maximum absolute atomic E-state index is 12.4. The van der Waals surface area contributed by atoms with Crippen LogP contribution in [0.4, 0.5) is 5.69 Å². The van der Waals surface area contributed by atoms with E-state index in [0.717, 1.165) is 33.4 Å². The largest absolute Gasteiger partial charge is 0.497 e. The van der Waals surface area contributed by atoms with Gasteiger partial charge in [0.2, 0.25) is 5.91 Å². The smallest absolute Gasteiger partial charge is 0.257 e. The molecule has 0 unspecified atom stereocenters. The van der Waals surface area contributed by atoms with Crippen LogP contribution in [-0.2, 0) is 16.0 Å². The van der Waals surface area contributed by atoms with Gasteiger partial charge in [-0.3, -0.25) is 20.4 Å². The van der Waals surface area contributed by atoms with Crippen LogP contribution in [0.1, 0.15) is 12.0 Å². The van der Waals surface area contributed by atoms with E-state index < -0.39 is 0 Å². The molecule has 3 aromatic carbocycles. The van der Waals surface area contributed by atoms with Crippen LogP contribution in [-0.4, -0.2) is 30.5 Å². The van der Waals surface area contributed by atoms with Crippen molar-refractivity contribution >= 4 is 28.4 Å². The fraction of sp³-hybridized carbons (Fsp3) is 0.154. The maximum Gasteiger partial charge on any atom is 0.257 e. The number of hydrogen-bond acceptors (Lipinski definition) is 4. The Hall–Kier alpha value is -4.26. The lowest BCUT2D eigenvalue weighted by Gasteiger charge is -2.10. The van der Waals surface area contributed by atoms with Crippen molar-refractivity contribution in [1.29, 1.82) is 0 Å². The highest BCUT2D eigenvalue weighted by Gasteiger charge is 2.14. The number of hydrazine groups is 1. The predicted octanol–water partition coefficient (Wildman–Crippen LogP) is 4.04. The number of nitrogens with one attached hydrogen (secondary N) is 4. The summed E-state index contributed by atoms with van der Waals surface area (Å²) >= 11 is 0. The molecule has 4 aromatic rings. The van der Waals surface area contributed by atoms with Gasteiger partial charge in [-0.15, -0.1) is 0 Å². The fourth-order valence-electron chi connectivity index (χ4n) is 3.71. The Morgan fingerprint density at radius 2 is 1.64 bits per heavy atom. The number of aromatic nitrogens is 1. The van der Waals surface area contributed by atoms with Crippen LogP contribution < -0.4 is 20.9 Å². The number of hydrogen-bond donors (Lipinski definition) is 4. The van der Waals surface area contributed by atoms with Crippen molar-refractivity contribution < 1.29 is 14.3 Å². The van der Waals surface area contributed by atoms with E-state index in [1.165, 1.54) is 0 Å². The first-order valence-electron chi connectivity index (χ1n) is 10.7. The molecule has 1 heterocycles. The minimum atomic E-state index is -0.344. The van der Waals surface area contributed by atoms with Crippen LogP contribution in [0, 0.1) is 0 Å². The predicted molar refractivity (Wildman–Crippen MR) is 130 cm³/mol. The first kappa shape index (κ1) is 22.0. The summed E-state index contributed by atoms with van der Waals surface area (Å²) in [5.74, 6) is 0.0955. The molecule has 2 amide bonds. The average molecular weight is 443 g/mol. The van der Waals surface area contributed by atoms with Gasteiger partial charge in [-0.25, -0.2) is 0 Å². The third kappa shape index (κ3) is 5.51. The second-order valence-electron chi connectivity index (χ2n) is 7.57. The second kappa shape index (κ2) is 10.4. The molecule has 0 fully saturated rings. The van der Waals surface area contributed by atoms with Gasteiger partial charge >= 0.3 is 0 Å². The van der Waals surface area contributed by atoms with E-state index in [9.17, 15) is 9.59 Å². The first-order valence-corrected chi connectivity index (χ1v) is 10.7. The Morgan fingerprint density at radius 3 is 2.45 bits per heavy atom. The van der Waals surface area contributed by atoms with Crippen LogP contribution >= 0.6 is 0 Å². The Bertz CT molecular complexity index is 1250. The number of para-hydroxylation sites is 1. The van der Waals surface area contributed by atoms with Crippen molar-refractivity contribution in [3.05, 3.63) is 84.4 Å². The molecular weight excluding hydrogens is 416 g/mol. The third-order valence-corrected chi connectivity index (χ3v) is 5.34. The van der Waals surface area contributed by atoms with E-state index in [0.29, 0.717) is 12.2 Å². The van der Waals surface area contributed by atoms with Gasteiger partial charge in [-0.1, -0.05) is 54.6 Å². The molecule has 4 N–H and O–H groups in total. The summed E-state index contributed by atoms with van der Waals surface area (Å²) in [6, 6.07) is 25.4. The molecule has 0 aliphatic heterocycles. The molecule has 0 radical (unpaired) electrons. The van der Waals surface area contributed by atoms with E-state index in [4.69, 9.17) is 4.74 Å². The summed E-state index contributed by atoms with van der Waals surface area (Å²) in [5, 5.41) is 4.09. The molecule has 7 heteroatoms. The lowest BCUT2D eigenvalue weighted by atomic mass is 10.0. The standard InChI is InChI=1S/C26H26N4O3/c1-33-20-11-7-10-19(16-20)27-17-25(32)30-29-24(31)15-14-22-21-12-5-6-13-23(21)28-26(22)18-8-3-2-4-9-18/h2-13,16,27-28H,14-15,17H2,1H3,(H,29,31)(H,30,32). The zero-order valence-corrected chi connectivity index (χ0v) is 18.4. The van der Waals surface area contributed by atoms with Crippen molar-refractivity contribution in [2.24, 2.45) is 0 Å². The van der Waals surface area contributed by atoms with Gasteiger partial charge in [0.05, 0.1) is 13.7 Å². The number of aryl methyl sites for hydroxylation is 1. The van der Waals surface area contributed by atoms with E-state index in [1.54, 1.807) is 13.2 Å². The highest BCUT2D eigenvalue weighted by molar-refractivity contribution is 5.91. The number of anilines is 1. The van der Waals surface area contributed by atoms with Gasteiger partial charge in [0.15, 0.2) is 0 Å². The van der Waals surface area contributed by atoms with Gasteiger partial charge in [-0.2, -0.15) is 0 Å². The summed E-state index contributed by atoms with van der Waals surface area (Å²) < 4.78 is 5.16. The van der Waals surface area contributed by atoms with Gasteiger partial charge in [0.25, 0.3) is 5.91 Å². The van der Waals surface area contributed by atoms with Crippen molar-refractivity contribution in [2.75, 3.05) is 19.0 Å². The molecule has 168 valence electrons. The summed E-state index contributed by atoms with van der Waals surface area (Å²) in [6.07, 6.45) is 0.781. The van der Waals surface area contributed by atoms with Crippen LogP contribution in [0.15, 0.2) is 78.9 Å². The Kier molecular flexibility index (Phi) is 6.90. The lowest BCUT2D eigenvalue weighted by molar-refractivity contribution is -0.128. The van der Waals surface area contributed by atoms with Crippen LogP contribution in [0.25, 0.3) is 22.2 Å². The van der Waals surface area contributed by atoms with Gasteiger partial charge in [0.1, 0.15) is 5.75 Å². The number of aromatic amines is 1. The van der Waals surface area contributed by atoms with Crippen molar-refractivity contribution in [2.45, 2.75) is 12.8 Å². The quantitative estimate of drug-likeness (QED) is 0.310. The van der Waals surface area contributed by atoms with E-state index >= 15 is 0 Å². The third-order valence-electron chi connectivity index (χ3n) is 5.34. The van der Waals surface area contributed by atoms with Gasteiger partial charge in [-0.05, 0) is 35.7 Å². The average Bonchev–Trinajstić information content (AvgIpc) is 3.24. The van der Waals surface area contributed by atoms with Crippen molar-refractivity contribution in [1.82, 2.24) is 15.8 Å². The molecule has 0 atom stereocenters. The van der Waals surface area contributed by atoms with E-state index in [1.807, 2.05) is 66.7 Å². The zero-order chi connectivity index (χ0) is 23.0. The molecule has 7 nitrogen and oxygen atoms in total. The van der Waals surface area contributed by atoms with Crippen molar-refractivity contribution in [3.8, 4) is 17.0 Å². The lowest BCUT2D eigenvalue weighted by Crippen LogP contribution is -2.44. The zero-order valence-electron chi connectivity index (χ0n) is 18.4. The summed E-state index contributed by atoms with van der Waals surface area (Å²) in [6.45, 7) is 0.0219. The SMILES string of the molecule is COc1cccc(NCC(=O)NNC(=O)CCc2c(-c3ccccc3)[nH]c3ccccc23)c1. The molecule has 0 saturated carbocycles. The fourth-order valence-corrected chi connectivity index (χ4v) is 3.71. The normalized spacial score (nSPS) is 10.6. The number of carbonyl (C=O) groups is 2. The number of benzene rings is 3. The van der Waals surface area contributed by atoms with E-state index in [-0.39, 0.29) is 24.8 Å². The molecule has 0 aliphatic carbocycles. The minimum absolute atomic E-state index is 0.0219. The maximum atomic E-state index is 12.4. The number of H-pyrrole nitrogens is 1. The molecule has 0 spiro atoms. The number of rotatable bonds is 8. The number of methoxy groups -OCH3 is 1. The molecule has 0 aliphatic rings. The molecule has 0 bridgehead atoms. The summed E-state index contributed by atoms with van der Waals surface area (Å²) in [5.41, 5.74) is 9.90.